The lowest BCUT2D eigenvalue weighted by molar-refractivity contribution is 0.0783. The summed E-state index contributed by atoms with van der Waals surface area (Å²) in [5, 5.41) is 5.40. The molecule has 0 bridgehead atoms. The standard InChI is InChI=1S/C10H18N4OS.ClH/c1-7(2)8(11)4-5-14(3)10(15)9-6-16-13-12-9;/h6-8H,4-5,11H2,1-3H3;1H. The molecule has 0 spiro atoms. The van der Waals surface area contributed by atoms with E-state index < -0.39 is 0 Å². The first-order valence-corrected chi connectivity index (χ1v) is 6.14. The Balaban J connectivity index is 0.00000256. The van der Waals surface area contributed by atoms with Crippen molar-refractivity contribution >= 4 is 29.8 Å². The van der Waals surface area contributed by atoms with Crippen LogP contribution in [0.3, 0.4) is 0 Å². The number of aromatic nitrogens is 2. The number of halogens is 1. The number of rotatable bonds is 5. The van der Waals surface area contributed by atoms with Crippen LogP contribution in [0.2, 0.25) is 0 Å². The summed E-state index contributed by atoms with van der Waals surface area (Å²) in [7, 11) is 1.76. The third-order valence-electron chi connectivity index (χ3n) is 2.58. The van der Waals surface area contributed by atoms with Gasteiger partial charge in [-0.1, -0.05) is 18.3 Å². The number of nitrogens with two attached hydrogens (primary N) is 1. The van der Waals surface area contributed by atoms with Gasteiger partial charge in [0.05, 0.1) is 0 Å². The van der Waals surface area contributed by atoms with E-state index in [0.29, 0.717) is 18.2 Å². The molecule has 0 saturated carbocycles. The second-order valence-electron chi connectivity index (χ2n) is 4.21. The van der Waals surface area contributed by atoms with Gasteiger partial charge in [0.25, 0.3) is 5.91 Å². The Morgan fingerprint density at radius 2 is 2.24 bits per heavy atom. The van der Waals surface area contributed by atoms with Crippen molar-refractivity contribution in [3.8, 4) is 0 Å². The molecule has 98 valence electrons. The molecular formula is C10H19ClN4OS. The summed E-state index contributed by atoms with van der Waals surface area (Å²) in [6.45, 7) is 4.81. The minimum atomic E-state index is -0.0929. The van der Waals surface area contributed by atoms with Gasteiger partial charge in [-0.25, -0.2) is 0 Å². The maximum atomic E-state index is 11.8. The van der Waals surface area contributed by atoms with Crippen molar-refractivity contribution in [3.63, 3.8) is 0 Å². The highest BCUT2D eigenvalue weighted by atomic mass is 35.5. The van der Waals surface area contributed by atoms with Crippen LogP contribution in [-0.4, -0.2) is 40.0 Å². The zero-order valence-corrected chi connectivity index (χ0v) is 11.9. The van der Waals surface area contributed by atoms with E-state index in [2.05, 4.69) is 23.4 Å². The molecule has 2 N–H and O–H groups in total. The molecule has 7 heteroatoms. The summed E-state index contributed by atoms with van der Waals surface area (Å²) >= 11 is 1.18. The Hall–Kier alpha value is -0.720. The van der Waals surface area contributed by atoms with Gasteiger partial charge in [-0.05, 0) is 23.9 Å². The number of hydrogen-bond acceptors (Lipinski definition) is 5. The highest BCUT2D eigenvalue weighted by Gasteiger charge is 2.16. The maximum Gasteiger partial charge on any atom is 0.275 e. The fraction of sp³-hybridized carbons (Fsp3) is 0.700. The summed E-state index contributed by atoms with van der Waals surface area (Å²) in [5.41, 5.74) is 6.33. The zero-order chi connectivity index (χ0) is 12.1. The van der Waals surface area contributed by atoms with Gasteiger partial charge in [0.2, 0.25) is 0 Å². The molecule has 0 aromatic carbocycles. The van der Waals surface area contributed by atoms with E-state index in [1.807, 2.05) is 0 Å². The quantitative estimate of drug-likeness (QED) is 0.884. The van der Waals surface area contributed by atoms with E-state index in [4.69, 9.17) is 5.73 Å². The van der Waals surface area contributed by atoms with Gasteiger partial charge in [0.15, 0.2) is 5.69 Å². The van der Waals surface area contributed by atoms with E-state index in [1.54, 1.807) is 17.3 Å². The average molecular weight is 279 g/mol. The largest absolute Gasteiger partial charge is 0.340 e. The Labute approximate surface area is 112 Å². The van der Waals surface area contributed by atoms with Crippen molar-refractivity contribution < 1.29 is 4.79 Å². The second kappa shape index (κ2) is 7.58. The number of carbonyl (C=O) groups is 1. The molecule has 0 radical (unpaired) electrons. The van der Waals surface area contributed by atoms with Crippen molar-refractivity contribution in [2.75, 3.05) is 13.6 Å². The summed E-state index contributed by atoms with van der Waals surface area (Å²) in [6, 6.07) is 0.129. The lowest BCUT2D eigenvalue weighted by Crippen LogP contribution is -2.34. The minimum absolute atomic E-state index is 0. The first kappa shape index (κ1) is 16.3. The fourth-order valence-corrected chi connectivity index (χ4v) is 1.66. The van der Waals surface area contributed by atoms with Gasteiger partial charge in [0, 0.05) is 25.0 Å². The van der Waals surface area contributed by atoms with Crippen LogP contribution in [0.5, 0.6) is 0 Å². The monoisotopic (exact) mass is 278 g/mol. The third kappa shape index (κ3) is 4.97. The molecule has 1 aromatic heterocycles. The van der Waals surface area contributed by atoms with E-state index in [1.165, 1.54) is 11.5 Å². The minimum Gasteiger partial charge on any atom is -0.340 e. The van der Waals surface area contributed by atoms with Crippen LogP contribution in [0.1, 0.15) is 30.8 Å². The van der Waals surface area contributed by atoms with Crippen LogP contribution in [0.25, 0.3) is 0 Å². The van der Waals surface area contributed by atoms with Crippen LogP contribution in [0.4, 0.5) is 0 Å². The van der Waals surface area contributed by atoms with Crippen molar-refractivity contribution in [1.82, 2.24) is 14.5 Å². The molecule has 1 aromatic rings. The highest BCUT2D eigenvalue weighted by Crippen LogP contribution is 2.06. The van der Waals surface area contributed by atoms with E-state index in [9.17, 15) is 4.79 Å². The van der Waals surface area contributed by atoms with Gasteiger partial charge in [-0.2, -0.15) is 0 Å². The lowest BCUT2D eigenvalue weighted by Gasteiger charge is -2.20. The molecule has 0 aliphatic heterocycles. The number of amides is 1. The van der Waals surface area contributed by atoms with Gasteiger partial charge < -0.3 is 10.6 Å². The molecule has 0 fully saturated rings. The molecule has 1 amide bonds. The zero-order valence-electron chi connectivity index (χ0n) is 10.3. The second-order valence-corrected chi connectivity index (χ2v) is 4.82. The van der Waals surface area contributed by atoms with Crippen LogP contribution in [0, 0.1) is 5.92 Å². The molecule has 1 unspecified atom stereocenters. The molecule has 1 atom stereocenters. The SMILES string of the molecule is CC(C)C(N)CCN(C)C(=O)c1csnn1.Cl. The van der Waals surface area contributed by atoms with Crippen molar-refractivity contribution in [2.24, 2.45) is 11.7 Å². The molecule has 5 nitrogen and oxygen atoms in total. The molecule has 17 heavy (non-hydrogen) atoms. The van der Waals surface area contributed by atoms with Crippen LogP contribution >= 0.6 is 23.9 Å². The third-order valence-corrected chi connectivity index (χ3v) is 3.08. The van der Waals surface area contributed by atoms with E-state index in [-0.39, 0.29) is 24.4 Å². The van der Waals surface area contributed by atoms with Gasteiger partial charge in [0.1, 0.15) is 0 Å². The Bertz CT molecular complexity index is 331. The summed E-state index contributed by atoms with van der Waals surface area (Å²) in [6.07, 6.45) is 0.803. The Morgan fingerprint density at radius 1 is 1.59 bits per heavy atom. The van der Waals surface area contributed by atoms with Gasteiger partial charge >= 0.3 is 0 Å². The topological polar surface area (TPSA) is 72.1 Å². The number of hydrogen-bond donors (Lipinski definition) is 1. The lowest BCUT2D eigenvalue weighted by atomic mass is 10.0. The van der Waals surface area contributed by atoms with Gasteiger partial charge in [-0.3, -0.25) is 4.79 Å². The predicted molar refractivity (Wildman–Crippen MR) is 71.5 cm³/mol. The number of nitrogens with zero attached hydrogens (tertiary/aromatic N) is 3. The highest BCUT2D eigenvalue weighted by molar-refractivity contribution is 7.03. The normalized spacial score (nSPS) is 12.1. The van der Waals surface area contributed by atoms with Gasteiger partial charge in [-0.15, -0.1) is 17.5 Å². The fourth-order valence-electron chi connectivity index (χ4n) is 1.23. The molecular weight excluding hydrogens is 260 g/mol. The van der Waals surface area contributed by atoms with E-state index >= 15 is 0 Å². The van der Waals surface area contributed by atoms with E-state index in [0.717, 1.165) is 6.42 Å². The van der Waals surface area contributed by atoms with Crippen molar-refractivity contribution in [2.45, 2.75) is 26.3 Å². The predicted octanol–water partition coefficient (Wildman–Crippen LogP) is 1.41. The summed E-state index contributed by atoms with van der Waals surface area (Å²) in [4.78, 5) is 13.4. The Morgan fingerprint density at radius 3 is 2.71 bits per heavy atom. The molecule has 0 aliphatic rings. The molecule has 0 aliphatic carbocycles. The average Bonchev–Trinajstić information content (AvgIpc) is 2.77. The molecule has 0 saturated heterocycles. The Kier molecular flexibility index (Phi) is 7.26. The van der Waals surface area contributed by atoms with Crippen LogP contribution < -0.4 is 5.73 Å². The summed E-state index contributed by atoms with van der Waals surface area (Å²) < 4.78 is 3.67. The van der Waals surface area contributed by atoms with Crippen LogP contribution in [-0.2, 0) is 0 Å². The first-order valence-electron chi connectivity index (χ1n) is 5.30. The van der Waals surface area contributed by atoms with Crippen molar-refractivity contribution in [1.29, 1.82) is 0 Å². The first-order chi connectivity index (χ1) is 7.52. The molecule has 1 rings (SSSR count). The smallest absolute Gasteiger partial charge is 0.275 e. The molecule has 1 heterocycles. The number of carbonyl (C=O) groups excluding carboxylic acids is 1. The van der Waals surface area contributed by atoms with Crippen LogP contribution in [0.15, 0.2) is 5.38 Å². The maximum absolute atomic E-state index is 11.8. The summed E-state index contributed by atoms with van der Waals surface area (Å²) in [5.74, 6) is 0.342. The van der Waals surface area contributed by atoms with Crippen molar-refractivity contribution in [3.05, 3.63) is 11.1 Å².